The molecule has 9 nitrogen and oxygen atoms in total. The fraction of sp³-hybridized carbons (Fsp3) is 0.556. The van der Waals surface area contributed by atoms with Gasteiger partial charge in [-0.15, -0.1) is 5.06 Å². The van der Waals surface area contributed by atoms with Crippen LogP contribution in [0, 0.1) is 0 Å². The number of halogens is 1. The predicted octanol–water partition coefficient (Wildman–Crippen LogP) is 3.15. The molecule has 1 aromatic rings. The molecule has 1 fully saturated rings. The number of hydroxylamine groups is 2. The van der Waals surface area contributed by atoms with Gasteiger partial charge in [0.2, 0.25) is 0 Å². The molecule has 0 radical (unpaired) electrons. The summed E-state index contributed by atoms with van der Waals surface area (Å²) in [7, 11) is 0. The normalized spacial score (nSPS) is 18.9. The van der Waals surface area contributed by atoms with Crippen LogP contribution in [-0.2, 0) is 19.2 Å². The van der Waals surface area contributed by atoms with E-state index in [0.29, 0.717) is 48.9 Å². The summed E-state index contributed by atoms with van der Waals surface area (Å²) in [4.78, 5) is 39.0. The minimum atomic E-state index is -0.734. The lowest BCUT2D eigenvalue weighted by Crippen LogP contribution is -2.46. The number of nitrogens with zero attached hydrogens (tertiary/aromatic N) is 3. The lowest BCUT2D eigenvalue weighted by Gasteiger charge is -2.35. The average molecular weight is 411 g/mol. The minimum absolute atomic E-state index is 0.304. The van der Waals surface area contributed by atoms with E-state index in [1.165, 1.54) is 6.20 Å². The van der Waals surface area contributed by atoms with E-state index < -0.39 is 17.4 Å². The maximum atomic E-state index is 12.4. The third-order valence-corrected chi connectivity index (χ3v) is 4.52. The first-order valence-electron chi connectivity index (χ1n) is 8.98. The molecule has 0 aromatic carbocycles. The second-order valence-electron chi connectivity index (χ2n) is 7.79. The first kappa shape index (κ1) is 20.3. The van der Waals surface area contributed by atoms with Gasteiger partial charge in [-0.05, 0) is 32.9 Å². The number of amides is 1. The van der Waals surface area contributed by atoms with Crippen LogP contribution < -0.4 is 5.32 Å². The molecular weight excluding hydrogens is 388 g/mol. The van der Waals surface area contributed by atoms with Crippen molar-refractivity contribution in [1.82, 2.24) is 10.0 Å². The molecule has 28 heavy (non-hydrogen) atoms. The number of aromatic nitrogens is 1. The summed E-state index contributed by atoms with van der Waals surface area (Å²) in [5, 5.41) is 8.66. The number of piperidine rings is 1. The molecule has 0 bridgehead atoms. The van der Waals surface area contributed by atoms with Gasteiger partial charge in [0, 0.05) is 38.5 Å². The summed E-state index contributed by atoms with van der Waals surface area (Å²) < 4.78 is 5.15. The van der Waals surface area contributed by atoms with E-state index in [1.54, 1.807) is 38.0 Å². The Morgan fingerprint density at radius 3 is 2.61 bits per heavy atom. The van der Waals surface area contributed by atoms with Gasteiger partial charge in [-0.1, -0.05) is 16.8 Å². The zero-order valence-corrected chi connectivity index (χ0v) is 16.8. The van der Waals surface area contributed by atoms with Crippen molar-refractivity contribution in [3.05, 3.63) is 23.4 Å². The molecule has 152 valence electrons. The fourth-order valence-corrected chi connectivity index (χ4v) is 3.02. The quantitative estimate of drug-likeness (QED) is 0.763. The molecular formula is C18H23ClN4O5. The van der Waals surface area contributed by atoms with Gasteiger partial charge in [-0.2, -0.15) is 0 Å². The van der Waals surface area contributed by atoms with E-state index in [1.807, 2.05) is 0 Å². The van der Waals surface area contributed by atoms with Gasteiger partial charge in [0.1, 0.15) is 22.7 Å². The van der Waals surface area contributed by atoms with Gasteiger partial charge >= 0.3 is 6.16 Å². The number of anilines is 1. The summed E-state index contributed by atoms with van der Waals surface area (Å²) in [6, 6.07) is 3.25. The molecule has 0 atom stereocenters. The lowest BCUT2D eigenvalue weighted by atomic mass is 9.87. The first-order chi connectivity index (χ1) is 13.1. The van der Waals surface area contributed by atoms with Crippen LogP contribution in [0.2, 0.25) is 5.02 Å². The molecule has 0 saturated carbocycles. The number of carbonyl (C=O) groups is 2. The van der Waals surface area contributed by atoms with Gasteiger partial charge < -0.3 is 19.7 Å². The second kappa shape index (κ2) is 7.92. The summed E-state index contributed by atoms with van der Waals surface area (Å²) in [5.74, 6) is 0.0257. The summed E-state index contributed by atoms with van der Waals surface area (Å²) in [5.41, 5.74) is -0.871. The third kappa shape index (κ3) is 5.32. The molecule has 1 N–H and O–H groups in total. The van der Waals surface area contributed by atoms with E-state index in [0.717, 1.165) is 0 Å². The molecule has 0 unspecified atom stereocenters. The zero-order chi connectivity index (χ0) is 20.4. The van der Waals surface area contributed by atoms with Crippen LogP contribution in [0.4, 0.5) is 10.6 Å². The van der Waals surface area contributed by atoms with E-state index >= 15 is 0 Å². The van der Waals surface area contributed by atoms with Crippen molar-refractivity contribution in [2.24, 2.45) is 5.16 Å². The van der Waals surface area contributed by atoms with E-state index in [-0.39, 0.29) is 5.91 Å². The summed E-state index contributed by atoms with van der Waals surface area (Å²) in [6.07, 6.45) is 2.23. The largest absolute Gasteiger partial charge is 0.528 e. The molecule has 10 heteroatoms. The van der Waals surface area contributed by atoms with Crippen LogP contribution >= 0.6 is 11.6 Å². The number of rotatable bonds is 3. The molecule has 2 aliphatic rings. The molecule has 3 rings (SSSR count). The van der Waals surface area contributed by atoms with Crippen molar-refractivity contribution in [3.8, 4) is 0 Å². The highest BCUT2D eigenvalue weighted by Gasteiger charge is 2.44. The Morgan fingerprint density at radius 2 is 2.00 bits per heavy atom. The lowest BCUT2D eigenvalue weighted by molar-refractivity contribution is -0.180. The summed E-state index contributed by atoms with van der Waals surface area (Å²) in [6.45, 7) is 6.24. The fourth-order valence-electron chi connectivity index (χ4n) is 2.91. The Kier molecular flexibility index (Phi) is 5.76. The first-order valence-corrected chi connectivity index (χ1v) is 9.36. The zero-order valence-electron chi connectivity index (χ0n) is 16.0. The van der Waals surface area contributed by atoms with E-state index in [2.05, 4.69) is 15.5 Å². The van der Waals surface area contributed by atoms with E-state index in [4.69, 9.17) is 26.0 Å². The molecule has 1 spiro atoms. The number of nitrogens with one attached hydrogen (secondary N) is 1. The highest BCUT2D eigenvalue weighted by Crippen LogP contribution is 2.35. The molecule has 3 heterocycles. The third-order valence-electron chi connectivity index (χ3n) is 4.30. The number of oxime groups is 1. The standard InChI is InChI=1S/C18H23ClN4O5/c1-17(2,3)26-16(25)27-23-8-6-18(7-9-23)10-13(22-28-18)15(24)21-14-5-4-12(19)11-20-14/h4-5,11H,6-10H2,1-3H3,(H,20,21,24). The molecule has 1 amide bonds. The second-order valence-corrected chi connectivity index (χ2v) is 8.23. The summed E-state index contributed by atoms with van der Waals surface area (Å²) >= 11 is 5.79. The number of carbonyl (C=O) groups excluding carboxylic acids is 2. The van der Waals surface area contributed by atoms with Gasteiger partial charge in [0.05, 0.1) is 5.02 Å². The molecule has 1 aromatic heterocycles. The number of pyridine rings is 1. The Balaban J connectivity index is 1.47. The Morgan fingerprint density at radius 1 is 1.29 bits per heavy atom. The van der Waals surface area contributed by atoms with Crippen molar-refractivity contribution in [2.45, 2.75) is 51.2 Å². The molecule has 0 aliphatic carbocycles. The van der Waals surface area contributed by atoms with Crippen LogP contribution in [0.1, 0.15) is 40.0 Å². The van der Waals surface area contributed by atoms with Crippen molar-refractivity contribution < 1.29 is 24.0 Å². The van der Waals surface area contributed by atoms with Crippen molar-refractivity contribution in [1.29, 1.82) is 0 Å². The Bertz CT molecular complexity index is 767. The Labute approximate surface area is 167 Å². The van der Waals surface area contributed by atoms with Crippen LogP contribution in [0.25, 0.3) is 0 Å². The van der Waals surface area contributed by atoms with Crippen LogP contribution in [0.5, 0.6) is 0 Å². The van der Waals surface area contributed by atoms with Crippen LogP contribution in [0.15, 0.2) is 23.5 Å². The Hall–Kier alpha value is -2.39. The maximum Gasteiger partial charge on any atom is 0.528 e. The van der Waals surface area contributed by atoms with Crippen LogP contribution in [0.3, 0.4) is 0 Å². The monoisotopic (exact) mass is 410 g/mol. The highest BCUT2D eigenvalue weighted by molar-refractivity contribution is 6.43. The van der Waals surface area contributed by atoms with Crippen LogP contribution in [-0.4, -0.2) is 52.1 Å². The van der Waals surface area contributed by atoms with Gasteiger partial charge in [0.15, 0.2) is 0 Å². The van der Waals surface area contributed by atoms with Gasteiger partial charge in [-0.3, -0.25) is 4.79 Å². The highest BCUT2D eigenvalue weighted by atomic mass is 35.5. The predicted molar refractivity (Wildman–Crippen MR) is 102 cm³/mol. The average Bonchev–Trinajstić information content (AvgIpc) is 3.02. The van der Waals surface area contributed by atoms with Crippen molar-refractivity contribution in [2.75, 3.05) is 18.4 Å². The van der Waals surface area contributed by atoms with Gasteiger partial charge in [0.25, 0.3) is 5.91 Å². The number of hydrogen-bond donors (Lipinski definition) is 1. The van der Waals surface area contributed by atoms with Crippen molar-refractivity contribution >= 4 is 35.2 Å². The topological polar surface area (TPSA) is 102 Å². The molecule has 1 saturated heterocycles. The SMILES string of the molecule is CC(C)(C)OC(=O)ON1CCC2(CC1)CC(C(=O)Nc1ccc(Cl)cn1)=NO2. The van der Waals surface area contributed by atoms with Crippen molar-refractivity contribution in [3.63, 3.8) is 0 Å². The van der Waals surface area contributed by atoms with Gasteiger partial charge in [-0.25, -0.2) is 9.78 Å². The minimum Gasteiger partial charge on any atom is -0.427 e. The maximum absolute atomic E-state index is 12.4. The molecule has 2 aliphatic heterocycles. The smallest absolute Gasteiger partial charge is 0.427 e. The number of hydrogen-bond acceptors (Lipinski definition) is 8. The van der Waals surface area contributed by atoms with E-state index in [9.17, 15) is 9.59 Å². The number of ether oxygens (including phenoxy) is 1.